The van der Waals surface area contributed by atoms with Gasteiger partial charge in [-0.25, -0.2) is 4.98 Å². The third-order valence-corrected chi connectivity index (χ3v) is 5.47. The highest BCUT2D eigenvalue weighted by atomic mass is 19.4. The summed E-state index contributed by atoms with van der Waals surface area (Å²) >= 11 is 0. The molecule has 4 rings (SSSR count). The maximum atomic E-state index is 12.9. The normalized spacial score (nSPS) is 12.7. The van der Waals surface area contributed by atoms with Gasteiger partial charge < -0.3 is 9.30 Å². The molecule has 4 aromatic rings. The van der Waals surface area contributed by atoms with E-state index in [0.717, 1.165) is 34.5 Å². The van der Waals surface area contributed by atoms with E-state index in [1.807, 2.05) is 35.9 Å². The van der Waals surface area contributed by atoms with Crippen LogP contribution in [0.4, 0.5) is 13.2 Å². The fourth-order valence-corrected chi connectivity index (χ4v) is 3.71. The molecular weight excluding hydrogens is 413 g/mol. The molecule has 164 valence electrons. The summed E-state index contributed by atoms with van der Waals surface area (Å²) < 4.78 is 46.7. The van der Waals surface area contributed by atoms with E-state index in [0.29, 0.717) is 5.56 Å². The number of benzene rings is 3. The van der Waals surface area contributed by atoms with Crippen LogP contribution >= 0.6 is 0 Å². The number of aryl methyl sites for hydroxylation is 2. The molecule has 3 aromatic carbocycles. The molecule has 0 saturated heterocycles. The minimum atomic E-state index is -4.35. The van der Waals surface area contributed by atoms with Crippen molar-refractivity contribution in [1.29, 1.82) is 0 Å². The van der Waals surface area contributed by atoms with Gasteiger partial charge in [0.2, 0.25) is 0 Å². The fourth-order valence-electron chi connectivity index (χ4n) is 3.71. The number of imidazole rings is 1. The minimum absolute atomic E-state index is 0.169. The van der Waals surface area contributed by atoms with Crippen LogP contribution in [0.15, 0.2) is 85.3 Å². The highest BCUT2D eigenvalue weighted by Crippen LogP contribution is 2.32. The fraction of sp³-hybridized carbons (Fsp3) is 0.192. The Morgan fingerprint density at radius 1 is 0.969 bits per heavy atom. The minimum Gasteiger partial charge on any atom is -0.363 e. The Kier molecular flexibility index (Phi) is 6.15. The molecule has 1 heterocycles. The monoisotopic (exact) mass is 436 g/mol. The van der Waals surface area contributed by atoms with Crippen molar-refractivity contribution in [2.24, 2.45) is 7.05 Å². The van der Waals surface area contributed by atoms with E-state index in [4.69, 9.17) is 4.74 Å². The van der Waals surface area contributed by atoms with Crippen molar-refractivity contribution in [3.8, 4) is 11.1 Å². The molecule has 0 fully saturated rings. The predicted octanol–water partition coefficient (Wildman–Crippen LogP) is 6.72. The molecule has 0 radical (unpaired) electrons. The maximum Gasteiger partial charge on any atom is 0.416 e. The molecule has 0 aliphatic heterocycles. The van der Waals surface area contributed by atoms with Gasteiger partial charge in [-0.05, 0) is 52.9 Å². The van der Waals surface area contributed by atoms with Gasteiger partial charge >= 0.3 is 6.18 Å². The number of nitrogens with zero attached hydrogens (tertiary/aromatic N) is 2. The quantitative estimate of drug-likeness (QED) is 0.335. The van der Waals surface area contributed by atoms with E-state index in [1.165, 1.54) is 17.7 Å². The molecule has 1 atom stereocenters. The predicted molar refractivity (Wildman–Crippen MR) is 118 cm³/mol. The standard InChI is InChI=1S/C26H23F3N2O/c1-18-6-3-4-9-23(18)20-7-5-8-21(14-20)25(24-15-30-17-31(24)2)32-16-19-10-12-22(13-11-19)26(27,28)29/h3-15,17,25H,16H2,1-2H3. The molecule has 0 N–H and O–H groups in total. The molecule has 32 heavy (non-hydrogen) atoms. The van der Waals surface area contributed by atoms with E-state index in [-0.39, 0.29) is 6.61 Å². The second-order valence-corrected chi connectivity index (χ2v) is 7.76. The Bertz CT molecular complexity index is 1200. The molecule has 0 aliphatic rings. The molecule has 0 spiro atoms. The Morgan fingerprint density at radius 2 is 1.72 bits per heavy atom. The first-order valence-electron chi connectivity index (χ1n) is 10.2. The molecule has 6 heteroatoms. The third kappa shape index (κ3) is 4.75. The van der Waals surface area contributed by atoms with Gasteiger partial charge in [0, 0.05) is 7.05 Å². The second kappa shape index (κ2) is 9.01. The largest absolute Gasteiger partial charge is 0.416 e. The van der Waals surface area contributed by atoms with Crippen molar-refractivity contribution in [3.63, 3.8) is 0 Å². The number of alkyl halides is 3. The van der Waals surface area contributed by atoms with Crippen LogP contribution in [0.5, 0.6) is 0 Å². The lowest BCUT2D eigenvalue weighted by atomic mass is 9.96. The first kappa shape index (κ1) is 21.8. The van der Waals surface area contributed by atoms with Crippen molar-refractivity contribution in [2.75, 3.05) is 0 Å². The summed E-state index contributed by atoms with van der Waals surface area (Å²) in [7, 11) is 1.89. The molecule has 0 saturated carbocycles. The van der Waals surface area contributed by atoms with Crippen LogP contribution in [0.1, 0.15) is 34.1 Å². The zero-order chi connectivity index (χ0) is 22.7. The summed E-state index contributed by atoms with van der Waals surface area (Å²) in [4.78, 5) is 4.21. The summed E-state index contributed by atoms with van der Waals surface area (Å²) in [6.07, 6.45) is -1.33. The van der Waals surface area contributed by atoms with Gasteiger partial charge in [0.05, 0.1) is 30.4 Å². The summed E-state index contributed by atoms with van der Waals surface area (Å²) in [5.41, 5.74) is 5.19. The molecule has 0 aliphatic carbocycles. The van der Waals surface area contributed by atoms with Crippen LogP contribution in [0.3, 0.4) is 0 Å². The average Bonchev–Trinajstić information content (AvgIpc) is 3.20. The van der Waals surface area contributed by atoms with Gasteiger partial charge in [-0.15, -0.1) is 0 Å². The maximum absolute atomic E-state index is 12.9. The highest BCUT2D eigenvalue weighted by Gasteiger charge is 2.30. The van der Waals surface area contributed by atoms with Crippen LogP contribution in [-0.4, -0.2) is 9.55 Å². The number of hydrogen-bond acceptors (Lipinski definition) is 2. The molecule has 1 unspecified atom stereocenters. The smallest absolute Gasteiger partial charge is 0.363 e. The molecule has 0 bridgehead atoms. The van der Waals surface area contributed by atoms with Gasteiger partial charge in [-0.3, -0.25) is 0 Å². The zero-order valence-electron chi connectivity index (χ0n) is 17.8. The lowest BCUT2D eigenvalue weighted by Gasteiger charge is -2.20. The van der Waals surface area contributed by atoms with Crippen LogP contribution in [-0.2, 0) is 24.6 Å². The van der Waals surface area contributed by atoms with Crippen molar-refractivity contribution in [2.45, 2.75) is 25.8 Å². The molecule has 3 nitrogen and oxygen atoms in total. The van der Waals surface area contributed by atoms with Gasteiger partial charge in [-0.2, -0.15) is 13.2 Å². The molecule has 1 aromatic heterocycles. The second-order valence-electron chi connectivity index (χ2n) is 7.76. The van der Waals surface area contributed by atoms with E-state index in [2.05, 4.69) is 36.2 Å². The van der Waals surface area contributed by atoms with Gasteiger partial charge in [0.1, 0.15) is 6.10 Å². The number of aromatic nitrogens is 2. The Balaban J connectivity index is 1.63. The van der Waals surface area contributed by atoms with E-state index >= 15 is 0 Å². The first-order chi connectivity index (χ1) is 15.3. The molecular formula is C26H23F3N2O. The van der Waals surface area contributed by atoms with Crippen molar-refractivity contribution in [1.82, 2.24) is 9.55 Å². The topological polar surface area (TPSA) is 27.1 Å². The van der Waals surface area contributed by atoms with Crippen LogP contribution in [0.2, 0.25) is 0 Å². The average molecular weight is 436 g/mol. The van der Waals surface area contributed by atoms with Gasteiger partial charge in [0.15, 0.2) is 0 Å². The molecule has 0 amide bonds. The van der Waals surface area contributed by atoms with Crippen LogP contribution < -0.4 is 0 Å². The van der Waals surface area contributed by atoms with Gasteiger partial charge in [-0.1, -0.05) is 54.6 Å². The number of ether oxygens (including phenoxy) is 1. The van der Waals surface area contributed by atoms with Crippen molar-refractivity contribution >= 4 is 0 Å². The van der Waals surface area contributed by atoms with E-state index in [1.54, 1.807) is 12.5 Å². The third-order valence-electron chi connectivity index (χ3n) is 5.47. The van der Waals surface area contributed by atoms with Crippen LogP contribution in [0.25, 0.3) is 11.1 Å². The van der Waals surface area contributed by atoms with E-state index in [9.17, 15) is 13.2 Å². The zero-order valence-corrected chi connectivity index (χ0v) is 17.8. The number of hydrogen-bond donors (Lipinski definition) is 0. The summed E-state index contributed by atoms with van der Waals surface area (Å²) in [6, 6.07) is 21.4. The Hall–Kier alpha value is -3.38. The van der Waals surface area contributed by atoms with Crippen LogP contribution in [0, 0.1) is 6.92 Å². The summed E-state index contributed by atoms with van der Waals surface area (Å²) in [5, 5.41) is 0. The first-order valence-corrected chi connectivity index (χ1v) is 10.2. The SMILES string of the molecule is Cc1ccccc1-c1cccc(C(OCc2ccc(C(F)(F)F)cc2)c2cncn2C)c1. The number of rotatable bonds is 6. The Labute approximate surface area is 185 Å². The highest BCUT2D eigenvalue weighted by molar-refractivity contribution is 5.67. The van der Waals surface area contributed by atoms with Gasteiger partial charge in [0.25, 0.3) is 0 Å². The lowest BCUT2D eigenvalue weighted by molar-refractivity contribution is -0.137. The summed E-state index contributed by atoms with van der Waals surface area (Å²) in [5.74, 6) is 0. The van der Waals surface area contributed by atoms with Crippen molar-refractivity contribution in [3.05, 3.63) is 113 Å². The lowest BCUT2D eigenvalue weighted by Crippen LogP contribution is -2.11. The number of halogens is 3. The Morgan fingerprint density at radius 3 is 2.38 bits per heavy atom. The van der Waals surface area contributed by atoms with Crippen molar-refractivity contribution < 1.29 is 17.9 Å². The van der Waals surface area contributed by atoms with E-state index < -0.39 is 17.8 Å². The summed E-state index contributed by atoms with van der Waals surface area (Å²) in [6.45, 7) is 2.24.